The van der Waals surface area contributed by atoms with Crippen molar-refractivity contribution in [1.29, 1.82) is 0 Å². The summed E-state index contributed by atoms with van der Waals surface area (Å²) in [4.78, 5) is 46.9. The van der Waals surface area contributed by atoms with Gasteiger partial charge in [0.05, 0.1) is 11.3 Å². The molecule has 2 aromatic heterocycles. The summed E-state index contributed by atoms with van der Waals surface area (Å²) < 4.78 is 58.7. The molecule has 0 saturated carbocycles. The number of ether oxygens (including phenoxy) is 1. The molecule has 1 amide bonds. The lowest BCUT2D eigenvalue weighted by molar-refractivity contribution is -0.282. The second-order valence-electron chi connectivity index (χ2n) is 14.1. The van der Waals surface area contributed by atoms with Crippen LogP contribution in [0.15, 0.2) is 107 Å². The zero-order valence-corrected chi connectivity index (χ0v) is 32.1. The summed E-state index contributed by atoms with van der Waals surface area (Å²) in [6, 6.07) is 25.1. The number of nitrogens with zero attached hydrogens (tertiary/aromatic N) is 3. The lowest BCUT2D eigenvalue weighted by atomic mass is 10.0. The van der Waals surface area contributed by atoms with E-state index in [0.29, 0.717) is 24.2 Å². The van der Waals surface area contributed by atoms with Gasteiger partial charge in [-0.1, -0.05) is 60.7 Å². The number of sulfone groups is 2. The highest BCUT2D eigenvalue weighted by atomic mass is 32.2. The van der Waals surface area contributed by atoms with Gasteiger partial charge in [-0.3, -0.25) is 14.4 Å². The van der Waals surface area contributed by atoms with Crippen LogP contribution in [0.4, 0.5) is 0 Å². The molecule has 3 atom stereocenters. The Labute approximate surface area is 310 Å². The van der Waals surface area contributed by atoms with Gasteiger partial charge in [-0.2, -0.15) is 0 Å². The molecule has 2 aromatic carbocycles. The molecule has 0 bridgehead atoms. The van der Waals surface area contributed by atoms with Crippen LogP contribution in [0.5, 0.6) is 0 Å². The van der Waals surface area contributed by atoms with Crippen LogP contribution in [0.25, 0.3) is 22.3 Å². The number of pyridine rings is 2. The van der Waals surface area contributed by atoms with Gasteiger partial charge in [0, 0.05) is 63.2 Å². The molecule has 0 spiro atoms. The first kappa shape index (κ1) is 39.8. The van der Waals surface area contributed by atoms with E-state index in [-0.39, 0.29) is 37.0 Å². The van der Waals surface area contributed by atoms with Crippen LogP contribution in [0.2, 0.25) is 0 Å². The highest BCUT2D eigenvalue weighted by molar-refractivity contribution is 7.93. The zero-order chi connectivity index (χ0) is 38.4. The molecule has 5 rings (SSSR count). The van der Waals surface area contributed by atoms with Crippen LogP contribution in [0.3, 0.4) is 0 Å². The molecule has 0 aliphatic carbocycles. The van der Waals surface area contributed by atoms with E-state index in [2.05, 4.69) is 0 Å². The molecule has 284 valence electrons. The molecule has 1 unspecified atom stereocenters. The number of amides is 1. The van der Waals surface area contributed by atoms with E-state index >= 15 is 0 Å². The Morgan fingerprint density at radius 2 is 1.26 bits per heavy atom. The lowest BCUT2D eigenvalue weighted by Gasteiger charge is -2.39. The third kappa shape index (κ3) is 9.42. The number of aromatic nitrogens is 2. The molecule has 4 aromatic rings. The average Bonchev–Trinajstić information content (AvgIpc) is 3.13. The maximum Gasteiger partial charge on any atom is 0.267 e. The SMILES string of the molecule is C[C@@](CCn1ccc(-c2ccccc2)cc1=O)(CN(OC1CCCCO1)C(=O)[C@@](C)(CCn1ccc(-c2ccccc2)cc1=O)S(C)(=O)=O)S(C)(=O)=O. The number of hydroxylamine groups is 2. The molecule has 0 N–H and O–H groups in total. The largest absolute Gasteiger partial charge is 0.350 e. The fourth-order valence-corrected chi connectivity index (χ4v) is 7.88. The van der Waals surface area contributed by atoms with Gasteiger partial charge in [-0.05, 0) is 73.9 Å². The number of carbonyl (C=O) groups excluding carboxylic acids is 1. The molecule has 1 aliphatic rings. The van der Waals surface area contributed by atoms with Gasteiger partial charge in [0.1, 0.15) is 0 Å². The third-order valence-electron chi connectivity index (χ3n) is 10.2. The Kier molecular flexibility index (Phi) is 12.3. The van der Waals surface area contributed by atoms with Crippen LogP contribution in [0, 0.1) is 0 Å². The van der Waals surface area contributed by atoms with Gasteiger partial charge in [-0.15, -0.1) is 0 Å². The summed E-state index contributed by atoms with van der Waals surface area (Å²) in [5, 5.41) is 0.820. The lowest BCUT2D eigenvalue weighted by Crippen LogP contribution is -2.58. The Balaban J connectivity index is 1.43. The number of carbonyl (C=O) groups is 1. The van der Waals surface area contributed by atoms with E-state index in [1.54, 1.807) is 24.5 Å². The minimum atomic E-state index is -4.18. The van der Waals surface area contributed by atoms with Gasteiger partial charge in [0.15, 0.2) is 30.7 Å². The summed E-state index contributed by atoms with van der Waals surface area (Å²) in [6.45, 7) is 2.38. The van der Waals surface area contributed by atoms with Crippen LogP contribution < -0.4 is 11.1 Å². The van der Waals surface area contributed by atoms with Crippen molar-refractivity contribution < 1.29 is 31.2 Å². The van der Waals surface area contributed by atoms with Gasteiger partial charge in [-0.25, -0.2) is 26.7 Å². The first-order valence-electron chi connectivity index (χ1n) is 17.5. The summed E-state index contributed by atoms with van der Waals surface area (Å²) in [5.41, 5.74) is 2.39. The number of rotatable bonds is 15. The van der Waals surface area contributed by atoms with Crippen molar-refractivity contribution in [3.8, 4) is 22.3 Å². The van der Waals surface area contributed by atoms with E-state index in [0.717, 1.165) is 41.5 Å². The van der Waals surface area contributed by atoms with Crippen molar-refractivity contribution in [2.45, 2.75) is 74.8 Å². The normalized spacial score (nSPS) is 17.4. The van der Waals surface area contributed by atoms with Crippen molar-refractivity contribution in [2.75, 3.05) is 25.7 Å². The van der Waals surface area contributed by atoms with Crippen molar-refractivity contribution in [3.63, 3.8) is 0 Å². The molecule has 0 radical (unpaired) electrons. The monoisotopic (exact) mass is 765 g/mol. The van der Waals surface area contributed by atoms with Gasteiger partial charge in [0.2, 0.25) is 0 Å². The number of hydrogen-bond donors (Lipinski definition) is 0. The van der Waals surface area contributed by atoms with Crippen molar-refractivity contribution in [1.82, 2.24) is 14.2 Å². The van der Waals surface area contributed by atoms with Crippen LogP contribution in [0.1, 0.15) is 46.0 Å². The smallest absolute Gasteiger partial charge is 0.267 e. The predicted molar refractivity (Wildman–Crippen MR) is 204 cm³/mol. The Morgan fingerprint density at radius 3 is 1.70 bits per heavy atom. The molecule has 12 nitrogen and oxygen atoms in total. The fraction of sp³-hybridized carbons (Fsp3) is 0.410. The zero-order valence-electron chi connectivity index (χ0n) is 30.5. The molecule has 14 heteroatoms. The summed E-state index contributed by atoms with van der Waals surface area (Å²) in [5.74, 6) is -0.984. The second-order valence-corrected chi connectivity index (χ2v) is 19.1. The van der Waals surface area contributed by atoms with E-state index in [4.69, 9.17) is 9.57 Å². The molecule has 53 heavy (non-hydrogen) atoms. The first-order valence-corrected chi connectivity index (χ1v) is 21.3. The van der Waals surface area contributed by atoms with E-state index in [1.165, 1.54) is 35.1 Å². The van der Waals surface area contributed by atoms with Gasteiger partial charge < -0.3 is 13.9 Å². The van der Waals surface area contributed by atoms with Crippen LogP contribution in [-0.4, -0.2) is 78.4 Å². The standard InChI is InChI=1S/C39H47N3O9S2/c1-38(52(3,46)47,20-24-40-22-18-32(27-34(40)43)30-13-7-5-8-14-30)29-42(51-36-17-11-12-26-50-36)37(45)39(2,53(4,48)49)21-25-41-23-19-33(28-35(41)44)31-15-9-6-10-16-31/h5-10,13-16,18-19,22-23,27-28,36H,11-12,17,20-21,24-26,29H2,1-4H3/t36?,38-,39-/m1/s1. The van der Waals surface area contributed by atoms with Crippen molar-refractivity contribution in [2.24, 2.45) is 0 Å². The fourth-order valence-electron chi connectivity index (χ4n) is 6.19. The highest BCUT2D eigenvalue weighted by Crippen LogP contribution is 2.31. The van der Waals surface area contributed by atoms with E-state index < -0.39 is 47.9 Å². The van der Waals surface area contributed by atoms with Gasteiger partial charge in [0.25, 0.3) is 17.0 Å². The molecular weight excluding hydrogens is 719 g/mol. The van der Waals surface area contributed by atoms with Crippen molar-refractivity contribution in [3.05, 3.63) is 118 Å². The Bertz CT molecular complexity index is 2230. The van der Waals surface area contributed by atoms with Crippen LogP contribution >= 0.6 is 0 Å². The minimum absolute atomic E-state index is 0.00926. The second kappa shape index (κ2) is 16.3. The maximum atomic E-state index is 14.6. The quantitative estimate of drug-likeness (QED) is 0.157. The maximum absolute atomic E-state index is 14.6. The van der Waals surface area contributed by atoms with Crippen molar-refractivity contribution >= 4 is 25.6 Å². The molecule has 1 aliphatic heterocycles. The van der Waals surface area contributed by atoms with Gasteiger partial charge >= 0.3 is 0 Å². The summed E-state index contributed by atoms with van der Waals surface area (Å²) >= 11 is 0. The Hall–Kier alpha value is -4.37. The average molecular weight is 766 g/mol. The highest BCUT2D eigenvalue weighted by Gasteiger charge is 2.49. The topological polar surface area (TPSA) is 151 Å². The molecule has 1 saturated heterocycles. The first-order chi connectivity index (χ1) is 25.0. The summed E-state index contributed by atoms with van der Waals surface area (Å²) in [6.07, 6.45) is 5.69. The van der Waals surface area contributed by atoms with Crippen LogP contribution in [-0.2, 0) is 47.1 Å². The van der Waals surface area contributed by atoms with E-state index in [9.17, 15) is 31.2 Å². The molecular formula is C39H47N3O9S2. The molecule has 3 heterocycles. The summed E-state index contributed by atoms with van der Waals surface area (Å²) in [7, 11) is -8.15. The Morgan fingerprint density at radius 1 is 0.755 bits per heavy atom. The van der Waals surface area contributed by atoms with E-state index in [1.807, 2.05) is 60.7 Å². The number of benzene rings is 2. The number of hydrogen-bond acceptors (Lipinski definition) is 9. The molecule has 1 fully saturated rings. The number of aryl methyl sites for hydroxylation is 2. The third-order valence-corrected chi connectivity index (χ3v) is 14.3. The predicted octanol–water partition coefficient (Wildman–Crippen LogP) is 4.72. The minimum Gasteiger partial charge on any atom is -0.350 e.